The Morgan fingerprint density at radius 3 is 2.46 bits per heavy atom. The van der Waals surface area contributed by atoms with Crippen LogP contribution < -0.4 is 0 Å². The van der Waals surface area contributed by atoms with E-state index in [-0.39, 0.29) is 18.2 Å². The summed E-state index contributed by atoms with van der Waals surface area (Å²) in [6.45, 7) is 2.36. The molecule has 8 nitrogen and oxygen atoms in total. The number of likely N-dealkylation sites (tertiary alicyclic amines) is 1. The number of carbonyl (C=O) groups excluding carboxylic acids is 2. The number of amides is 2. The van der Waals surface area contributed by atoms with Gasteiger partial charge in [0.15, 0.2) is 0 Å². The van der Waals surface area contributed by atoms with E-state index >= 15 is 0 Å². The van der Waals surface area contributed by atoms with E-state index in [9.17, 15) is 14.4 Å². The van der Waals surface area contributed by atoms with Crippen molar-refractivity contribution < 1.29 is 23.9 Å². The van der Waals surface area contributed by atoms with E-state index in [2.05, 4.69) is 4.98 Å². The molecular weight excluding hydrogens is 362 g/mol. The first-order chi connectivity index (χ1) is 13.4. The lowest BCUT2D eigenvalue weighted by Crippen LogP contribution is -2.45. The van der Waals surface area contributed by atoms with Crippen molar-refractivity contribution in [1.29, 1.82) is 0 Å². The quantitative estimate of drug-likeness (QED) is 0.845. The van der Waals surface area contributed by atoms with Gasteiger partial charge in [-0.2, -0.15) is 0 Å². The Hall–Kier alpha value is -3.16. The highest BCUT2D eigenvalue weighted by atomic mass is 16.4. The number of oxazole rings is 1. The molecule has 0 atom stereocenters. The molecule has 0 aliphatic carbocycles. The molecule has 3 rings (SSSR count). The van der Waals surface area contributed by atoms with Crippen LogP contribution in [0.4, 0.5) is 0 Å². The number of aromatic nitrogens is 1. The maximum absolute atomic E-state index is 12.7. The summed E-state index contributed by atoms with van der Waals surface area (Å²) in [5.74, 6) is -1.39. The molecule has 1 N–H and O–H groups in total. The van der Waals surface area contributed by atoms with Crippen LogP contribution in [0.1, 0.15) is 29.1 Å². The Labute approximate surface area is 162 Å². The number of carboxylic acid groups (broad SMARTS) is 1. The Bertz CT molecular complexity index is 869. The lowest BCUT2D eigenvalue weighted by Gasteiger charge is -2.31. The van der Waals surface area contributed by atoms with Crippen LogP contribution in [-0.2, 0) is 9.59 Å². The molecule has 0 bridgehead atoms. The Morgan fingerprint density at radius 2 is 1.86 bits per heavy atom. The minimum atomic E-state index is -0.825. The van der Waals surface area contributed by atoms with Crippen molar-refractivity contribution in [3.63, 3.8) is 0 Å². The van der Waals surface area contributed by atoms with Crippen LogP contribution in [-0.4, -0.2) is 64.4 Å². The van der Waals surface area contributed by atoms with E-state index in [4.69, 9.17) is 9.52 Å². The van der Waals surface area contributed by atoms with Crippen molar-refractivity contribution in [2.24, 2.45) is 5.92 Å². The van der Waals surface area contributed by atoms with E-state index in [0.29, 0.717) is 37.5 Å². The topological polar surface area (TPSA) is 104 Å². The lowest BCUT2D eigenvalue weighted by molar-refractivity contribution is -0.145. The molecule has 0 saturated carbocycles. The van der Waals surface area contributed by atoms with Crippen molar-refractivity contribution in [3.05, 3.63) is 41.8 Å². The standard InChI is InChI=1S/C20H23N3O5/c1-13-17(28-18(21-13)14-6-4-3-5-7-14)19(25)22(2)12-16(24)23-10-8-15(9-11-23)20(26)27/h3-7,15H,8-12H2,1-2H3,(H,26,27). The SMILES string of the molecule is Cc1nc(-c2ccccc2)oc1C(=O)N(C)CC(=O)N1CCC(C(=O)O)CC1. The van der Waals surface area contributed by atoms with Gasteiger partial charge in [0.25, 0.3) is 5.91 Å². The molecule has 1 aromatic heterocycles. The first kappa shape index (κ1) is 19.6. The first-order valence-electron chi connectivity index (χ1n) is 9.15. The second-order valence-corrected chi connectivity index (χ2v) is 6.95. The number of aryl methyl sites for hydroxylation is 1. The highest BCUT2D eigenvalue weighted by Gasteiger charge is 2.29. The summed E-state index contributed by atoms with van der Waals surface area (Å²) >= 11 is 0. The first-order valence-corrected chi connectivity index (χ1v) is 9.15. The van der Waals surface area contributed by atoms with Crippen LogP contribution >= 0.6 is 0 Å². The molecule has 2 amide bonds. The van der Waals surface area contributed by atoms with Gasteiger partial charge in [-0.15, -0.1) is 0 Å². The van der Waals surface area contributed by atoms with Gasteiger partial charge in [0.2, 0.25) is 17.6 Å². The van der Waals surface area contributed by atoms with Crippen molar-refractivity contribution in [1.82, 2.24) is 14.8 Å². The van der Waals surface area contributed by atoms with Gasteiger partial charge in [-0.1, -0.05) is 18.2 Å². The minimum Gasteiger partial charge on any atom is -0.481 e. The fourth-order valence-corrected chi connectivity index (χ4v) is 3.22. The zero-order valence-corrected chi connectivity index (χ0v) is 15.9. The molecule has 1 aliphatic heterocycles. The predicted molar refractivity (Wildman–Crippen MR) is 101 cm³/mol. The molecule has 148 valence electrons. The van der Waals surface area contributed by atoms with Gasteiger partial charge < -0.3 is 19.3 Å². The summed E-state index contributed by atoms with van der Waals surface area (Å²) in [7, 11) is 1.54. The van der Waals surface area contributed by atoms with Gasteiger partial charge in [-0.3, -0.25) is 14.4 Å². The average Bonchev–Trinajstić information content (AvgIpc) is 3.09. The fourth-order valence-electron chi connectivity index (χ4n) is 3.22. The van der Waals surface area contributed by atoms with Crippen LogP contribution in [0.5, 0.6) is 0 Å². The monoisotopic (exact) mass is 385 g/mol. The van der Waals surface area contributed by atoms with Crippen LogP contribution in [0.2, 0.25) is 0 Å². The number of rotatable bonds is 5. The number of hydrogen-bond donors (Lipinski definition) is 1. The highest BCUT2D eigenvalue weighted by molar-refractivity contribution is 5.95. The van der Waals surface area contributed by atoms with Gasteiger partial charge in [0.1, 0.15) is 0 Å². The summed E-state index contributed by atoms with van der Waals surface area (Å²) in [5, 5.41) is 9.05. The maximum atomic E-state index is 12.7. The summed E-state index contributed by atoms with van der Waals surface area (Å²) in [6, 6.07) is 9.27. The third kappa shape index (κ3) is 4.21. The normalized spacial score (nSPS) is 14.7. The Kier molecular flexibility index (Phi) is 5.77. The van der Waals surface area contributed by atoms with Crippen molar-refractivity contribution in [3.8, 4) is 11.5 Å². The van der Waals surface area contributed by atoms with Crippen LogP contribution in [0.25, 0.3) is 11.5 Å². The van der Waals surface area contributed by atoms with Gasteiger partial charge in [-0.05, 0) is 31.9 Å². The van der Waals surface area contributed by atoms with Crippen LogP contribution in [0, 0.1) is 12.8 Å². The predicted octanol–water partition coefficient (Wildman–Crippen LogP) is 2.05. The second-order valence-electron chi connectivity index (χ2n) is 6.95. The molecular formula is C20H23N3O5. The highest BCUT2D eigenvalue weighted by Crippen LogP contribution is 2.22. The molecule has 0 spiro atoms. The molecule has 28 heavy (non-hydrogen) atoms. The summed E-state index contributed by atoms with van der Waals surface area (Å²) in [6.07, 6.45) is 0.862. The average molecular weight is 385 g/mol. The summed E-state index contributed by atoms with van der Waals surface area (Å²) in [5.41, 5.74) is 1.23. The summed E-state index contributed by atoms with van der Waals surface area (Å²) in [4.78, 5) is 43.4. The fraction of sp³-hybridized carbons (Fsp3) is 0.400. The number of benzene rings is 1. The van der Waals surface area contributed by atoms with Crippen molar-refractivity contribution >= 4 is 17.8 Å². The molecule has 0 unspecified atom stereocenters. The van der Waals surface area contributed by atoms with E-state index in [1.54, 1.807) is 11.8 Å². The van der Waals surface area contributed by atoms with Gasteiger partial charge in [0.05, 0.1) is 18.2 Å². The van der Waals surface area contributed by atoms with E-state index < -0.39 is 17.8 Å². The molecule has 2 aromatic rings. The second kappa shape index (κ2) is 8.24. The molecule has 1 fully saturated rings. The minimum absolute atomic E-state index is 0.0998. The van der Waals surface area contributed by atoms with E-state index in [1.165, 1.54) is 11.9 Å². The summed E-state index contributed by atoms with van der Waals surface area (Å²) < 4.78 is 5.66. The third-order valence-electron chi connectivity index (χ3n) is 4.93. The number of carboxylic acids is 1. The smallest absolute Gasteiger partial charge is 0.306 e. The molecule has 1 saturated heterocycles. The maximum Gasteiger partial charge on any atom is 0.306 e. The molecule has 2 heterocycles. The number of nitrogens with zero attached hydrogens (tertiary/aromatic N) is 3. The third-order valence-corrected chi connectivity index (χ3v) is 4.93. The number of likely N-dealkylation sites (N-methyl/N-ethyl adjacent to an activating group) is 1. The molecule has 0 radical (unpaired) electrons. The van der Waals surface area contributed by atoms with Crippen molar-refractivity contribution in [2.75, 3.05) is 26.7 Å². The Balaban J connectivity index is 1.63. The largest absolute Gasteiger partial charge is 0.481 e. The molecule has 1 aliphatic rings. The van der Waals surface area contributed by atoms with Crippen LogP contribution in [0.3, 0.4) is 0 Å². The van der Waals surface area contributed by atoms with Crippen LogP contribution in [0.15, 0.2) is 34.7 Å². The van der Waals surface area contributed by atoms with Gasteiger partial charge >= 0.3 is 5.97 Å². The van der Waals surface area contributed by atoms with E-state index in [1.807, 2.05) is 30.3 Å². The number of hydrogen-bond acceptors (Lipinski definition) is 5. The van der Waals surface area contributed by atoms with Gasteiger partial charge in [-0.25, -0.2) is 4.98 Å². The zero-order valence-electron chi connectivity index (χ0n) is 15.9. The zero-order chi connectivity index (χ0) is 20.3. The number of carbonyl (C=O) groups is 3. The lowest BCUT2D eigenvalue weighted by atomic mass is 9.97. The van der Waals surface area contributed by atoms with E-state index in [0.717, 1.165) is 5.56 Å². The Morgan fingerprint density at radius 1 is 1.21 bits per heavy atom. The number of piperidine rings is 1. The van der Waals surface area contributed by atoms with Crippen molar-refractivity contribution in [2.45, 2.75) is 19.8 Å². The number of aliphatic carboxylic acids is 1. The van der Waals surface area contributed by atoms with Gasteiger partial charge in [0, 0.05) is 25.7 Å². The molecule has 8 heteroatoms. The molecule has 1 aromatic carbocycles.